The quantitative estimate of drug-likeness (QED) is 0.854. The van der Waals surface area contributed by atoms with Crippen LogP contribution in [-0.2, 0) is 16.1 Å². The van der Waals surface area contributed by atoms with Gasteiger partial charge >= 0.3 is 0 Å². The molecule has 1 aromatic heterocycles. The van der Waals surface area contributed by atoms with Crippen molar-refractivity contribution in [2.24, 2.45) is 0 Å². The molecule has 2 heterocycles. The number of carbonyl (C=O) groups excluding carboxylic acids is 1. The number of methoxy groups -OCH3 is 1. The van der Waals surface area contributed by atoms with Crippen molar-refractivity contribution < 1.29 is 14.3 Å². The molecule has 1 aliphatic rings. The third-order valence-corrected chi connectivity index (χ3v) is 4.31. The van der Waals surface area contributed by atoms with Crippen LogP contribution in [0.4, 0.5) is 0 Å². The molecule has 0 aliphatic carbocycles. The van der Waals surface area contributed by atoms with E-state index in [0.717, 1.165) is 11.3 Å². The number of hydrogen-bond donors (Lipinski definition) is 1. The van der Waals surface area contributed by atoms with Gasteiger partial charge in [-0.3, -0.25) is 14.5 Å². The lowest BCUT2D eigenvalue weighted by atomic mass is 10.2. The van der Waals surface area contributed by atoms with Crippen LogP contribution in [0.3, 0.4) is 0 Å². The maximum atomic E-state index is 12.6. The van der Waals surface area contributed by atoms with Crippen molar-refractivity contribution in [2.45, 2.75) is 19.6 Å². The SMILES string of the molecule is COc1ccc(-c2n[nH]c(=S)n2CC(=O)N2CCOC(C)C2)cc1. The Labute approximate surface area is 145 Å². The molecule has 1 unspecified atom stereocenters. The van der Waals surface area contributed by atoms with Crippen molar-refractivity contribution in [1.29, 1.82) is 0 Å². The lowest BCUT2D eigenvalue weighted by Gasteiger charge is -2.31. The second kappa shape index (κ2) is 7.14. The van der Waals surface area contributed by atoms with Crippen molar-refractivity contribution in [3.63, 3.8) is 0 Å². The number of aromatic amines is 1. The summed E-state index contributed by atoms with van der Waals surface area (Å²) in [5.74, 6) is 1.41. The van der Waals surface area contributed by atoms with Crippen LogP contribution in [0, 0.1) is 4.77 Å². The van der Waals surface area contributed by atoms with Crippen LogP contribution in [0.15, 0.2) is 24.3 Å². The van der Waals surface area contributed by atoms with Gasteiger partial charge in [0.1, 0.15) is 12.3 Å². The van der Waals surface area contributed by atoms with E-state index in [0.29, 0.717) is 30.3 Å². The van der Waals surface area contributed by atoms with Gasteiger partial charge in [0.15, 0.2) is 10.6 Å². The van der Waals surface area contributed by atoms with Crippen LogP contribution in [0.25, 0.3) is 11.4 Å². The standard InChI is InChI=1S/C16H20N4O3S/c1-11-9-19(7-8-23-11)14(21)10-20-15(17-18-16(20)24)12-3-5-13(22-2)6-4-12/h3-6,11H,7-10H2,1-2H3,(H,18,24). The first-order valence-corrected chi connectivity index (χ1v) is 8.18. The lowest BCUT2D eigenvalue weighted by molar-refractivity contribution is -0.138. The van der Waals surface area contributed by atoms with Gasteiger partial charge in [0, 0.05) is 18.7 Å². The summed E-state index contributed by atoms with van der Waals surface area (Å²) in [6.07, 6.45) is 0.0566. The molecule has 3 rings (SSSR count). The molecule has 2 aromatic rings. The molecule has 24 heavy (non-hydrogen) atoms. The second-order valence-corrected chi connectivity index (χ2v) is 6.07. The first-order chi connectivity index (χ1) is 11.6. The molecule has 1 saturated heterocycles. The Morgan fingerprint density at radius 3 is 2.88 bits per heavy atom. The molecule has 1 amide bonds. The highest BCUT2D eigenvalue weighted by molar-refractivity contribution is 7.71. The summed E-state index contributed by atoms with van der Waals surface area (Å²) in [7, 11) is 1.62. The number of nitrogens with one attached hydrogen (secondary N) is 1. The molecule has 0 radical (unpaired) electrons. The number of carbonyl (C=O) groups is 1. The summed E-state index contributed by atoms with van der Waals surface area (Å²) in [5.41, 5.74) is 0.867. The van der Waals surface area contributed by atoms with E-state index in [4.69, 9.17) is 21.7 Å². The number of amides is 1. The summed E-state index contributed by atoms with van der Waals surface area (Å²) < 4.78 is 12.8. The minimum Gasteiger partial charge on any atom is -0.497 e. The Morgan fingerprint density at radius 1 is 1.46 bits per heavy atom. The monoisotopic (exact) mass is 348 g/mol. The average molecular weight is 348 g/mol. The van der Waals surface area contributed by atoms with E-state index in [1.165, 1.54) is 0 Å². The molecule has 7 nitrogen and oxygen atoms in total. The smallest absolute Gasteiger partial charge is 0.242 e. The highest BCUT2D eigenvalue weighted by atomic mass is 32.1. The van der Waals surface area contributed by atoms with Crippen LogP contribution in [0.1, 0.15) is 6.92 Å². The minimum atomic E-state index is 0.0115. The predicted octanol–water partition coefficient (Wildman–Crippen LogP) is 1.86. The summed E-state index contributed by atoms with van der Waals surface area (Å²) in [4.78, 5) is 14.4. The van der Waals surface area contributed by atoms with E-state index >= 15 is 0 Å². The number of nitrogens with zero attached hydrogens (tertiary/aromatic N) is 3. The molecule has 0 spiro atoms. The van der Waals surface area contributed by atoms with Gasteiger partial charge in [-0.2, -0.15) is 5.10 Å². The van der Waals surface area contributed by atoms with Crippen molar-refractivity contribution >= 4 is 18.1 Å². The van der Waals surface area contributed by atoms with E-state index in [2.05, 4.69) is 10.2 Å². The van der Waals surface area contributed by atoms with E-state index in [1.807, 2.05) is 31.2 Å². The van der Waals surface area contributed by atoms with Crippen molar-refractivity contribution in [3.05, 3.63) is 29.0 Å². The van der Waals surface area contributed by atoms with Crippen LogP contribution < -0.4 is 4.74 Å². The third-order valence-electron chi connectivity index (χ3n) is 3.99. The lowest BCUT2D eigenvalue weighted by Crippen LogP contribution is -2.45. The van der Waals surface area contributed by atoms with Crippen LogP contribution in [-0.4, -0.2) is 58.5 Å². The van der Waals surface area contributed by atoms with Gasteiger partial charge in [-0.1, -0.05) is 0 Å². The van der Waals surface area contributed by atoms with Crippen molar-refractivity contribution in [3.8, 4) is 17.1 Å². The molecular weight excluding hydrogens is 328 g/mol. The molecular formula is C16H20N4O3S. The van der Waals surface area contributed by atoms with E-state index < -0.39 is 0 Å². The Hall–Kier alpha value is -2.19. The fourth-order valence-corrected chi connectivity index (χ4v) is 2.90. The van der Waals surface area contributed by atoms with Crippen molar-refractivity contribution in [1.82, 2.24) is 19.7 Å². The highest BCUT2D eigenvalue weighted by Gasteiger charge is 2.22. The largest absolute Gasteiger partial charge is 0.497 e. The second-order valence-electron chi connectivity index (χ2n) is 5.69. The zero-order valence-electron chi connectivity index (χ0n) is 13.7. The number of benzene rings is 1. The van der Waals surface area contributed by atoms with Gasteiger partial charge in [0.05, 0.1) is 19.8 Å². The van der Waals surface area contributed by atoms with Gasteiger partial charge in [0.25, 0.3) is 0 Å². The van der Waals surface area contributed by atoms with Gasteiger partial charge in [0.2, 0.25) is 5.91 Å². The number of ether oxygens (including phenoxy) is 2. The Balaban J connectivity index is 1.82. The number of H-pyrrole nitrogens is 1. The molecule has 1 aromatic carbocycles. The molecule has 0 saturated carbocycles. The molecule has 1 atom stereocenters. The molecule has 0 bridgehead atoms. The minimum absolute atomic E-state index is 0.0115. The maximum absolute atomic E-state index is 12.6. The third kappa shape index (κ3) is 3.49. The van der Waals surface area contributed by atoms with Gasteiger partial charge < -0.3 is 14.4 Å². The first kappa shape index (κ1) is 16.7. The Kier molecular flexibility index (Phi) is 4.96. The number of rotatable bonds is 4. The summed E-state index contributed by atoms with van der Waals surface area (Å²) in [5, 5.41) is 7.03. The molecule has 8 heteroatoms. The number of hydrogen-bond acceptors (Lipinski definition) is 5. The fraction of sp³-hybridized carbons (Fsp3) is 0.438. The summed E-state index contributed by atoms with van der Waals surface area (Å²) >= 11 is 5.29. The zero-order chi connectivity index (χ0) is 17.1. The van der Waals surface area contributed by atoms with Crippen LogP contribution >= 0.6 is 12.2 Å². The van der Waals surface area contributed by atoms with E-state index in [-0.39, 0.29) is 18.6 Å². The predicted molar refractivity (Wildman–Crippen MR) is 91.4 cm³/mol. The van der Waals surface area contributed by atoms with Gasteiger partial charge in [-0.25, -0.2) is 0 Å². The Morgan fingerprint density at radius 2 is 2.21 bits per heavy atom. The molecule has 1 aliphatic heterocycles. The summed E-state index contributed by atoms with van der Waals surface area (Å²) in [6.45, 7) is 3.89. The first-order valence-electron chi connectivity index (χ1n) is 7.77. The zero-order valence-corrected chi connectivity index (χ0v) is 14.5. The topological polar surface area (TPSA) is 72.4 Å². The van der Waals surface area contributed by atoms with E-state index in [1.54, 1.807) is 16.6 Å². The summed E-state index contributed by atoms with van der Waals surface area (Å²) in [6, 6.07) is 7.48. The number of aromatic nitrogens is 3. The maximum Gasteiger partial charge on any atom is 0.242 e. The van der Waals surface area contributed by atoms with Crippen LogP contribution in [0.5, 0.6) is 5.75 Å². The normalized spacial score (nSPS) is 17.8. The molecule has 1 N–H and O–H groups in total. The van der Waals surface area contributed by atoms with Crippen molar-refractivity contribution in [2.75, 3.05) is 26.8 Å². The highest BCUT2D eigenvalue weighted by Crippen LogP contribution is 2.21. The molecule has 128 valence electrons. The number of morpholine rings is 1. The van der Waals surface area contributed by atoms with Gasteiger partial charge in [-0.05, 0) is 43.4 Å². The Bertz CT molecular complexity index is 768. The van der Waals surface area contributed by atoms with Gasteiger partial charge in [-0.15, -0.1) is 0 Å². The molecule has 1 fully saturated rings. The average Bonchev–Trinajstić information content (AvgIpc) is 2.96. The van der Waals surface area contributed by atoms with E-state index in [9.17, 15) is 4.79 Å². The van der Waals surface area contributed by atoms with Crippen LogP contribution in [0.2, 0.25) is 0 Å². The fourth-order valence-electron chi connectivity index (χ4n) is 2.71.